The monoisotopic (exact) mass is 246 g/mol. The summed E-state index contributed by atoms with van der Waals surface area (Å²) in [4.78, 5) is 11.0. The molecule has 0 aliphatic carbocycles. The van der Waals surface area contributed by atoms with Crippen LogP contribution < -0.4 is 0 Å². The smallest absolute Gasteiger partial charge is 0.403 e. The number of aldehydes is 1. The van der Waals surface area contributed by atoms with Crippen molar-refractivity contribution in [2.24, 2.45) is 0 Å². The second-order valence-electron chi connectivity index (χ2n) is 5.71. The van der Waals surface area contributed by atoms with Crippen LogP contribution >= 0.6 is 0 Å². The molecule has 1 saturated heterocycles. The Morgan fingerprint density at radius 2 is 1.67 bits per heavy atom. The predicted octanol–water partition coefficient (Wildman–Crippen LogP) is 2.67. The van der Waals surface area contributed by atoms with Gasteiger partial charge in [0.2, 0.25) is 0 Å². The van der Waals surface area contributed by atoms with Gasteiger partial charge in [0, 0.05) is 11.9 Å². The molecule has 0 bridgehead atoms. The zero-order chi connectivity index (χ0) is 13.4. The van der Waals surface area contributed by atoms with Crippen molar-refractivity contribution in [1.82, 2.24) is 0 Å². The molecule has 1 aliphatic heterocycles. The van der Waals surface area contributed by atoms with E-state index in [1.165, 1.54) is 0 Å². The van der Waals surface area contributed by atoms with Gasteiger partial charge >= 0.3 is 7.12 Å². The van der Waals surface area contributed by atoms with Gasteiger partial charge in [-0.15, -0.1) is 0 Å². The van der Waals surface area contributed by atoms with Gasteiger partial charge in [0.25, 0.3) is 0 Å². The second kappa shape index (κ2) is 4.52. The maximum absolute atomic E-state index is 11.0. The van der Waals surface area contributed by atoms with E-state index in [1.54, 1.807) is 0 Å². The average molecular weight is 246 g/mol. The van der Waals surface area contributed by atoms with Crippen molar-refractivity contribution in [3.05, 3.63) is 35.4 Å². The molecule has 0 atom stereocenters. The maximum atomic E-state index is 11.0. The molecule has 0 amide bonds. The van der Waals surface area contributed by atoms with E-state index in [4.69, 9.17) is 9.31 Å². The Bertz CT molecular complexity index is 438. The molecule has 1 aromatic rings. The Morgan fingerprint density at radius 1 is 1.11 bits per heavy atom. The first-order valence-electron chi connectivity index (χ1n) is 6.24. The van der Waals surface area contributed by atoms with Crippen molar-refractivity contribution in [2.45, 2.75) is 45.2 Å². The van der Waals surface area contributed by atoms with E-state index in [2.05, 4.69) is 0 Å². The molecule has 96 valence electrons. The van der Waals surface area contributed by atoms with E-state index < -0.39 is 0 Å². The largest absolute Gasteiger partial charge is 0.462 e. The second-order valence-corrected chi connectivity index (χ2v) is 5.71. The first-order valence-corrected chi connectivity index (χ1v) is 6.24. The molecule has 0 N–H and O–H groups in total. The summed E-state index contributed by atoms with van der Waals surface area (Å²) in [6.07, 6.45) is 1.47. The minimum absolute atomic E-state index is 0.295. The Morgan fingerprint density at radius 3 is 2.22 bits per heavy atom. The fourth-order valence-electron chi connectivity index (χ4n) is 2.06. The lowest BCUT2D eigenvalue weighted by molar-refractivity contribution is 0.00578. The van der Waals surface area contributed by atoms with Crippen LogP contribution in [0.2, 0.25) is 0 Å². The summed E-state index contributed by atoms with van der Waals surface area (Å²) < 4.78 is 11.9. The van der Waals surface area contributed by atoms with E-state index in [9.17, 15) is 4.79 Å². The van der Waals surface area contributed by atoms with Crippen LogP contribution in [-0.2, 0) is 15.6 Å². The summed E-state index contributed by atoms with van der Waals surface area (Å²) in [6.45, 7) is 8.11. The number of benzene rings is 1. The molecule has 0 unspecified atom stereocenters. The molecule has 4 heteroatoms. The summed E-state index contributed by atoms with van der Waals surface area (Å²) in [5, 5.41) is 0. The fourth-order valence-corrected chi connectivity index (χ4v) is 2.06. The lowest BCUT2D eigenvalue weighted by Gasteiger charge is -2.32. The van der Waals surface area contributed by atoms with Crippen LogP contribution in [0.1, 0.15) is 43.6 Å². The van der Waals surface area contributed by atoms with Gasteiger partial charge in [0.1, 0.15) is 6.29 Å². The lowest BCUT2D eigenvalue weighted by atomic mass is 9.79. The van der Waals surface area contributed by atoms with E-state index in [-0.39, 0.29) is 18.3 Å². The normalized spacial score (nSPS) is 21.0. The van der Waals surface area contributed by atoms with E-state index in [1.807, 2.05) is 52.0 Å². The van der Waals surface area contributed by atoms with E-state index in [0.717, 1.165) is 11.8 Å². The molecule has 0 saturated carbocycles. The molecular formula is C14H19BO3. The van der Waals surface area contributed by atoms with Gasteiger partial charge in [0.05, 0.1) is 11.2 Å². The summed E-state index contributed by atoms with van der Waals surface area (Å²) in [7, 11) is -0.295. The molecule has 0 radical (unpaired) electrons. The van der Waals surface area contributed by atoms with Crippen LogP contribution in [0.3, 0.4) is 0 Å². The third-order valence-corrected chi connectivity index (χ3v) is 3.87. The number of carbonyl (C=O) groups is 1. The van der Waals surface area contributed by atoms with Crippen molar-refractivity contribution >= 4 is 13.4 Å². The SMILES string of the molecule is CC1(C)OB(Cc2ccccc2C=O)OC1(C)C. The minimum atomic E-state index is -0.326. The van der Waals surface area contributed by atoms with Crippen LogP contribution in [0.25, 0.3) is 0 Å². The maximum Gasteiger partial charge on any atom is 0.462 e. The highest BCUT2D eigenvalue weighted by Crippen LogP contribution is 2.37. The van der Waals surface area contributed by atoms with Crippen LogP contribution in [0.15, 0.2) is 24.3 Å². The molecular weight excluding hydrogens is 227 g/mol. The van der Waals surface area contributed by atoms with Gasteiger partial charge in [-0.2, -0.15) is 0 Å². The first kappa shape index (κ1) is 13.3. The molecule has 1 aromatic carbocycles. The van der Waals surface area contributed by atoms with Crippen LogP contribution in [0.4, 0.5) is 0 Å². The van der Waals surface area contributed by atoms with Crippen LogP contribution in [0, 0.1) is 0 Å². The van der Waals surface area contributed by atoms with Gasteiger partial charge in [0.15, 0.2) is 0 Å². The lowest BCUT2D eigenvalue weighted by Crippen LogP contribution is -2.41. The highest BCUT2D eigenvalue weighted by molar-refractivity contribution is 6.45. The third kappa shape index (κ3) is 2.35. The van der Waals surface area contributed by atoms with Gasteiger partial charge in [-0.05, 0) is 33.3 Å². The van der Waals surface area contributed by atoms with Crippen molar-refractivity contribution in [3.8, 4) is 0 Å². The van der Waals surface area contributed by atoms with Crippen LogP contribution in [0.5, 0.6) is 0 Å². The zero-order valence-electron chi connectivity index (χ0n) is 11.4. The van der Waals surface area contributed by atoms with Crippen molar-refractivity contribution in [1.29, 1.82) is 0 Å². The summed E-state index contributed by atoms with van der Waals surface area (Å²) in [5.74, 6) is 0. The Kier molecular flexibility index (Phi) is 3.34. The van der Waals surface area contributed by atoms with Gasteiger partial charge < -0.3 is 9.31 Å². The predicted molar refractivity (Wildman–Crippen MR) is 71.6 cm³/mol. The quantitative estimate of drug-likeness (QED) is 0.607. The average Bonchev–Trinajstić information content (AvgIpc) is 2.47. The molecule has 1 fully saturated rings. The van der Waals surface area contributed by atoms with Crippen molar-refractivity contribution in [2.75, 3.05) is 0 Å². The highest BCUT2D eigenvalue weighted by Gasteiger charge is 2.50. The van der Waals surface area contributed by atoms with E-state index in [0.29, 0.717) is 11.9 Å². The number of rotatable bonds is 3. The Hall–Kier alpha value is -1.13. The Labute approximate surface area is 109 Å². The Balaban J connectivity index is 2.15. The van der Waals surface area contributed by atoms with E-state index >= 15 is 0 Å². The molecule has 3 nitrogen and oxygen atoms in total. The van der Waals surface area contributed by atoms with Crippen molar-refractivity contribution in [3.63, 3.8) is 0 Å². The molecule has 1 aliphatic rings. The molecule has 0 spiro atoms. The summed E-state index contributed by atoms with van der Waals surface area (Å²) >= 11 is 0. The van der Waals surface area contributed by atoms with Gasteiger partial charge in [-0.1, -0.05) is 24.3 Å². The molecule has 2 rings (SSSR count). The van der Waals surface area contributed by atoms with Gasteiger partial charge in [-0.25, -0.2) is 0 Å². The molecule has 18 heavy (non-hydrogen) atoms. The number of hydrogen-bond donors (Lipinski definition) is 0. The van der Waals surface area contributed by atoms with Gasteiger partial charge in [-0.3, -0.25) is 4.79 Å². The standard InChI is InChI=1S/C14H19BO3/c1-13(2)14(3,4)18-15(17-13)9-11-7-5-6-8-12(11)10-16/h5-8,10H,9H2,1-4H3. The minimum Gasteiger partial charge on any atom is -0.403 e. The number of carbonyl (C=O) groups excluding carboxylic acids is 1. The topological polar surface area (TPSA) is 35.5 Å². The fraction of sp³-hybridized carbons (Fsp3) is 0.500. The first-order chi connectivity index (χ1) is 8.36. The third-order valence-electron chi connectivity index (χ3n) is 3.87. The number of hydrogen-bond acceptors (Lipinski definition) is 3. The highest BCUT2D eigenvalue weighted by atomic mass is 16.7. The zero-order valence-corrected chi connectivity index (χ0v) is 11.4. The molecule has 0 aromatic heterocycles. The van der Waals surface area contributed by atoms with Crippen molar-refractivity contribution < 1.29 is 14.1 Å². The van der Waals surface area contributed by atoms with Crippen LogP contribution in [-0.4, -0.2) is 24.6 Å². The summed E-state index contributed by atoms with van der Waals surface area (Å²) in [6, 6.07) is 7.54. The molecule has 1 heterocycles. The summed E-state index contributed by atoms with van der Waals surface area (Å²) in [5.41, 5.74) is 1.01.